The van der Waals surface area contributed by atoms with Gasteiger partial charge in [0.1, 0.15) is 5.69 Å². The molecule has 0 saturated carbocycles. The summed E-state index contributed by atoms with van der Waals surface area (Å²) in [6, 6.07) is 4.52. The quantitative estimate of drug-likeness (QED) is 0.547. The number of nitrogens with zero attached hydrogens (tertiary/aromatic N) is 3. The summed E-state index contributed by atoms with van der Waals surface area (Å²) in [7, 11) is 1.63. The standard InChI is InChI=1S/C19H19N3O5/c1-12-11-22(13-3-5-15(19(23)21-25)17(9-13)20-24)18-6-4-14(10-16(12)18)27-8-7-26-2/h3-6,9,11,14H,7-8,10H2,1-2H3. The lowest BCUT2D eigenvalue weighted by atomic mass is 9.99. The zero-order chi connectivity index (χ0) is 19.4. The minimum Gasteiger partial charge on any atom is -0.382 e. The van der Waals surface area contributed by atoms with E-state index in [4.69, 9.17) is 9.47 Å². The third-order valence-corrected chi connectivity index (χ3v) is 4.53. The van der Waals surface area contributed by atoms with Gasteiger partial charge in [0.25, 0.3) is 0 Å². The Bertz CT molecular complexity index is 916. The first-order valence-corrected chi connectivity index (χ1v) is 8.44. The monoisotopic (exact) mass is 369 g/mol. The molecule has 27 heavy (non-hydrogen) atoms. The molecule has 1 heterocycles. The second-order valence-corrected chi connectivity index (χ2v) is 6.20. The van der Waals surface area contributed by atoms with Gasteiger partial charge in [0.05, 0.1) is 24.9 Å². The van der Waals surface area contributed by atoms with Crippen LogP contribution in [0, 0.1) is 16.7 Å². The second kappa shape index (κ2) is 8.15. The van der Waals surface area contributed by atoms with E-state index in [1.807, 2.05) is 29.8 Å². The molecule has 0 spiro atoms. The number of hydrogen-bond acceptors (Lipinski definition) is 6. The highest BCUT2D eigenvalue weighted by Crippen LogP contribution is 2.31. The Morgan fingerprint density at radius 3 is 2.81 bits per heavy atom. The van der Waals surface area contributed by atoms with Crippen LogP contribution in [-0.4, -0.2) is 36.9 Å². The van der Waals surface area contributed by atoms with Crippen LogP contribution in [0.1, 0.15) is 27.2 Å². The molecule has 1 unspecified atom stereocenters. The van der Waals surface area contributed by atoms with Crippen molar-refractivity contribution in [2.75, 3.05) is 20.3 Å². The first-order valence-electron chi connectivity index (χ1n) is 8.44. The molecular formula is C19H19N3O5. The van der Waals surface area contributed by atoms with Gasteiger partial charge in [0.2, 0.25) is 0 Å². The van der Waals surface area contributed by atoms with Crippen molar-refractivity contribution in [3.63, 3.8) is 0 Å². The van der Waals surface area contributed by atoms with Crippen molar-refractivity contribution in [2.24, 2.45) is 10.4 Å². The lowest BCUT2D eigenvalue weighted by Crippen LogP contribution is -2.19. The molecule has 8 nitrogen and oxygen atoms in total. The first kappa shape index (κ1) is 18.8. The number of amides is 1. The third-order valence-electron chi connectivity index (χ3n) is 4.53. The maximum Gasteiger partial charge on any atom is 0.319 e. The SMILES string of the molecule is COCCOC1C=Cc2c(c(C)cn2-c2ccc(C(=O)N=O)c(N=O)c2)C1. The molecule has 1 aromatic carbocycles. The number of aromatic nitrogens is 1. The van der Waals surface area contributed by atoms with Crippen molar-refractivity contribution in [3.05, 3.63) is 62.7 Å². The van der Waals surface area contributed by atoms with E-state index in [0.717, 1.165) is 23.2 Å². The maximum absolute atomic E-state index is 11.5. The molecule has 0 N–H and O–H groups in total. The van der Waals surface area contributed by atoms with Crippen LogP contribution in [0.5, 0.6) is 0 Å². The van der Waals surface area contributed by atoms with Crippen LogP contribution in [-0.2, 0) is 15.9 Å². The van der Waals surface area contributed by atoms with Crippen LogP contribution in [0.4, 0.5) is 5.69 Å². The Labute approximate surface area is 155 Å². The van der Waals surface area contributed by atoms with Crippen molar-refractivity contribution < 1.29 is 14.3 Å². The molecule has 140 valence electrons. The molecule has 8 heteroatoms. The summed E-state index contributed by atoms with van der Waals surface area (Å²) < 4.78 is 12.7. The first-order chi connectivity index (χ1) is 13.1. The lowest BCUT2D eigenvalue weighted by molar-refractivity contribution is 0.0396. The predicted molar refractivity (Wildman–Crippen MR) is 100 cm³/mol. The number of fused-ring (bicyclic) bond motifs is 1. The Balaban J connectivity index is 1.93. The fourth-order valence-corrected chi connectivity index (χ4v) is 3.19. The summed E-state index contributed by atoms with van der Waals surface area (Å²) in [5.41, 5.74) is 3.66. The molecule has 1 aliphatic rings. The Morgan fingerprint density at radius 1 is 1.30 bits per heavy atom. The number of nitroso groups, excluding NO2 is 2. The zero-order valence-electron chi connectivity index (χ0n) is 15.0. The topological polar surface area (TPSA) is 99.3 Å². The number of carbonyl (C=O) groups excluding carboxylic acids is 1. The summed E-state index contributed by atoms with van der Waals surface area (Å²) in [4.78, 5) is 33.1. The fourth-order valence-electron chi connectivity index (χ4n) is 3.19. The normalized spacial score (nSPS) is 15.4. The summed E-state index contributed by atoms with van der Waals surface area (Å²) in [6.07, 6.45) is 6.63. The molecular weight excluding hydrogens is 350 g/mol. The number of rotatable bonds is 7. The third kappa shape index (κ3) is 3.76. The van der Waals surface area contributed by atoms with E-state index in [0.29, 0.717) is 18.9 Å². The van der Waals surface area contributed by atoms with Gasteiger partial charge in [-0.3, -0.25) is 4.79 Å². The van der Waals surface area contributed by atoms with Gasteiger partial charge in [0, 0.05) is 36.3 Å². The number of ether oxygens (including phenoxy) is 2. The van der Waals surface area contributed by atoms with Gasteiger partial charge >= 0.3 is 5.91 Å². The average Bonchev–Trinajstić information content (AvgIpc) is 3.03. The number of methoxy groups -OCH3 is 1. The molecule has 0 bridgehead atoms. The summed E-state index contributed by atoms with van der Waals surface area (Å²) in [6.45, 7) is 3.07. The van der Waals surface area contributed by atoms with Crippen LogP contribution in [0.3, 0.4) is 0 Å². The number of benzene rings is 1. The van der Waals surface area contributed by atoms with Crippen LogP contribution in [0.2, 0.25) is 0 Å². The Kier molecular flexibility index (Phi) is 5.68. The maximum atomic E-state index is 11.5. The zero-order valence-corrected chi connectivity index (χ0v) is 15.0. The molecule has 1 aliphatic carbocycles. The molecule has 0 aliphatic heterocycles. The smallest absolute Gasteiger partial charge is 0.319 e. The highest BCUT2D eigenvalue weighted by Gasteiger charge is 2.21. The van der Waals surface area contributed by atoms with Crippen LogP contribution in [0.25, 0.3) is 11.8 Å². The van der Waals surface area contributed by atoms with E-state index in [9.17, 15) is 14.6 Å². The van der Waals surface area contributed by atoms with Crippen molar-refractivity contribution in [1.82, 2.24) is 4.57 Å². The molecule has 0 radical (unpaired) electrons. The Hall–Kier alpha value is -2.97. The molecule has 0 saturated heterocycles. The molecule has 3 rings (SSSR count). The number of carbonyl (C=O) groups is 1. The lowest BCUT2D eigenvalue weighted by Gasteiger charge is -2.20. The van der Waals surface area contributed by atoms with Gasteiger partial charge in [-0.15, -0.1) is 9.81 Å². The molecule has 1 amide bonds. The molecule has 1 aromatic heterocycles. The largest absolute Gasteiger partial charge is 0.382 e. The van der Waals surface area contributed by atoms with Crippen LogP contribution < -0.4 is 0 Å². The van der Waals surface area contributed by atoms with E-state index in [-0.39, 0.29) is 17.4 Å². The Morgan fingerprint density at radius 2 is 2.11 bits per heavy atom. The number of hydrogen-bond donors (Lipinski definition) is 0. The fraction of sp³-hybridized carbons (Fsp3) is 0.316. The average molecular weight is 369 g/mol. The van der Waals surface area contributed by atoms with E-state index in [2.05, 4.69) is 10.4 Å². The molecule has 2 aromatic rings. The van der Waals surface area contributed by atoms with E-state index in [1.54, 1.807) is 13.2 Å². The minimum absolute atomic E-state index is 0.0203. The minimum atomic E-state index is -1.02. The van der Waals surface area contributed by atoms with Crippen molar-refractivity contribution >= 4 is 17.7 Å². The second-order valence-electron chi connectivity index (χ2n) is 6.20. The summed E-state index contributed by atoms with van der Waals surface area (Å²) in [5, 5.41) is 5.22. The van der Waals surface area contributed by atoms with Crippen molar-refractivity contribution in [3.8, 4) is 5.69 Å². The van der Waals surface area contributed by atoms with Gasteiger partial charge in [-0.05, 0) is 47.5 Å². The van der Waals surface area contributed by atoms with Crippen LogP contribution in [0.15, 0.2) is 40.8 Å². The molecule has 1 atom stereocenters. The van der Waals surface area contributed by atoms with Crippen molar-refractivity contribution in [1.29, 1.82) is 0 Å². The molecule has 0 fully saturated rings. The van der Waals surface area contributed by atoms with Crippen molar-refractivity contribution in [2.45, 2.75) is 19.4 Å². The van der Waals surface area contributed by atoms with Gasteiger partial charge in [0.15, 0.2) is 0 Å². The summed E-state index contributed by atoms with van der Waals surface area (Å²) >= 11 is 0. The summed E-state index contributed by atoms with van der Waals surface area (Å²) in [5.74, 6) is -1.02. The van der Waals surface area contributed by atoms with Crippen LogP contribution >= 0.6 is 0 Å². The van der Waals surface area contributed by atoms with E-state index >= 15 is 0 Å². The highest BCUT2D eigenvalue weighted by atomic mass is 16.5. The number of aryl methyl sites for hydroxylation is 1. The highest BCUT2D eigenvalue weighted by molar-refractivity contribution is 5.99. The van der Waals surface area contributed by atoms with E-state index < -0.39 is 5.91 Å². The van der Waals surface area contributed by atoms with Gasteiger partial charge in [-0.25, -0.2) is 0 Å². The predicted octanol–water partition coefficient (Wildman–Crippen LogP) is 3.69. The van der Waals surface area contributed by atoms with E-state index in [1.165, 1.54) is 12.1 Å². The van der Waals surface area contributed by atoms with Gasteiger partial charge in [-0.2, -0.15) is 0 Å². The van der Waals surface area contributed by atoms with Gasteiger partial charge < -0.3 is 14.0 Å². The van der Waals surface area contributed by atoms with Gasteiger partial charge in [-0.1, -0.05) is 6.08 Å².